The predicted octanol–water partition coefficient (Wildman–Crippen LogP) is 3.04. The third-order valence-electron chi connectivity index (χ3n) is 2.39. The fraction of sp³-hybridized carbons (Fsp3) is 0.417. The molecule has 0 aliphatic rings. The van der Waals surface area contributed by atoms with Crippen LogP contribution in [0.2, 0.25) is 5.02 Å². The first-order chi connectivity index (χ1) is 9.20. The number of nitrogens with zero attached hydrogens (tertiary/aromatic N) is 1. The first-order valence-electron chi connectivity index (χ1n) is 5.76. The van der Waals surface area contributed by atoms with Gasteiger partial charge in [0, 0.05) is 13.1 Å². The molecule has 0 aliphatic heterocycles. The summed E-state index contributed by atoms with van der Waals surface area (Å²) in [4.78, 5) is 13.4. The van der Waals surface area contributed by atoms with Crippen LogP contribution in [0.15, 0.2) is 18.2 Å². The fourth-order valence-corrected chi connectivity index (χ4v) is 1.52. The lowest BCUT2D eigenvalue weighted by molar-refractivity contribution is -0.137. The molecule has 2 N–H and O–H groups in total. The van der Waals surface area contributed by atoms with Crippen LogP contribution in [0.4, 0.5) is 23.7 Å². The molecule has 0 aliphatic carbocycles. The molecule has 0 fully saturated rings. The smallest absolute Gasteiger partial charge is 0.337 e. The lowest BCUT2D eigenvalue weighted by atomic mass is 10.2. The van der Waals surface area contributed by atoms with Gasteiger partial charge in [0.1, 0.15) is 0 Å². The molecule has 0 saturated heterocycles. The normalized spacial score (nSPS) is 11.6. The zero-order chi connectivity index (χ0) is 15.3. The summed E-state index contributed by atoms with van der Waals surface area (Å²) in [5.41, 5.74) is -0.950. The Bertz CT molecular complexity index is 478. The number of halogens is 4. The van der Waals surface area contributed by atoms with Gasteiger partial charge in [-0.3, -0.25) is 0 Å². The van der Waals surface area contributed by atoms with E-state index in [-0.39, 0.29) is 10.7 Å². The summed E-state index contributed by atoms with van der Waals surface area (Å²) < 4.78 is 37.7. The van der Waals surface area contributed by atoms with E-state index in [9.17, 15) is 18.0 Å². The van der Waals surface area contributed by atoms with Crippen molar-refractivity contribution in [3.8, 4) is 0 Å². The standard InChI is InChI=1S/C12H15ClF3N3O/c1-19(2)6-5-17-11(20)18-10-7-8(12(14,15)16)3-4-9(10)13/h3-4,7H,5-6H2,1-2H3,(H2,17,18,20). The molecule has 0 aromatic heterocycles. The summed E-state index contributed by atoms with van der Waals surface area (Å²) in [6.45, 7) is 0.985. The zero-order valence-electron chi connectivity index (χ0n) is 11.0. The Labute approximate surface area is 119 Å². The van der Waals surface area contributed by atoms with Gasteiger partial charge in [-0.2, -0.15) is 13.2 Å². The number of hydrogen-bond donors (Lipinski definition) is 2. The van der Waals surface area contributed by atoms with Crippen molar-refractivity contribution < 1.29 is 18.0 Å². The second kappa shape index (κ2) is 6.81. The van der Waals surface area contributed by atoms with Crippen molar-refractivity contribution in [2.45, 2.75) is 6.18 Å². The number of amides is 2. The Hall–Kier alpha value is -1.47. The topological polar surface area (TPSA) is 44.4 Å². The van der Waals surface area contributed by atoms with Crippen LogP contribution in [-0.4, -0.2) is 38.1 Å². The maximum Gasteiger partial charge on any atom is 0.416 e. The monoisotopic (exact) mass is 309 g/mol. The summed E-state index contributed by atoms with van der Waals surface area (Å²) in [6, 6.07) is 2.15. The lowest BCUT2D eigenvalue weighted by Gasteiger charge is -2.13. The molecule has 4 nitrogen and oxygen atoms in total. The van der Waals surface area contributed by atoms with Crippen molar-refractivity contribution in [3.05, 3.63) is 28.8 Å². The van der Waals surface area contributed by atoms with Crippen molar-refractivity contribution in [3.63, 3.8) is 0 Å². The fourth-order valence-electron chi connectivity index (χ4n) is 1.36. The van der Waals surface area contributed by atoms with Crippen LogP contribution in [0, 0.1) is 0 Å². The highest BCUT2D eigenvalue weighted by molar-refractivity contribution is 6.33. The first kappa shape index (κ1) is 16.6. The highest BCUT2D eigenvalue weighted by Crippen LogP contribution is 2.33. The molecule has 0 bridgehead atoms. The van der Waals surface area contributed by atoms with Gasteiger partial charge in [-0.15, -0.1) is 0 Å². The van der Waals surface area contributed by atoms with Crippen LogP contribution >= 0.6 is 11.6 Å². The molecular formula is C12H15ClF3N3O. The third-order valence-corrected chi connectivity index (χ3v) is 2.72. The van der Waals surface area contributed by atoms with E-state index in [4.69, 9.17) is 11.6 Å². The molecular weight excluding hydrogens is 295 g/mol. The van der Waals surface area contributed by atoms with Crippen molar-refractivity contribution in [1.82, 2.24) is 10.2 Å². The number of nitrogens with one attached hydrogen (secondary N) is 2. The second-order valence-electron chi connectivity index (χ2n) is 4.38. The number of urea groups is 1. The van der Waals surface area contributed by atoms with Crippen LogP contribution in [0.25, 0.3) is 0 Å². The van der Waals surface area contributed by atoms with E-state index in [1.165, 1.54) is 0 Å². The van der Waals surface area contributed by atoms with Crippen LogP contribution in [0.1, 0.15) is 5.56 Å². The van der Waals surface area contributed by atoms with Crippen molar-refractivity contribution >= 4 is 23.3 Å². The Balaban J connectivity index is 2.69. The van der Waals surface area contributed by atoms with E-state index in [1.807, 2.05) is 19.0 Å². The van der Waals surface area contributed by atoms with Crippen molar-refractivity contribution in [2.24, 2.45) is 0 Å². The minimum absolute atomic E-state index is 0.0424. The molecule has 0 spiro atoms. The Kier molecular flexibility index (Phi) is 5.64. The van der Waals surface area contributed by atoms with Gasteiger partial charge in [0.05, 0.1) is 16.3 Å². The number of alkyl halides is 3. The van der Waals surface area contributed by atoms with Gasteiger partial charge in [-0.05, 0) is 32.3 Å². The van der Waals surface area contributed by atoms with Gasteiger partial charge in [0.25, 0.3) is 0 Å². The highest BCUT2D eigenvalue weighted by Gasteiger charge is 2.31. The van der Waals surface area contributed by atoms with Crippen LogP contribution in [0.5, 0.6) is 0 Å². The van der Waals surface area contributed by atoms with Gasteiger partial charge >= 0.3 is 12.2 Å². The van der Waals surface area contributed by atoms with Gasteiger partial charge in [0.15, 0.2) is 0 Å². The number of carbonyl (C=O) groups is 1. The molecule has 0 atom stereocenters. The number of hydrogen-bond acceptors (Lipinski definition) is 2. The molecule has 20 heavy (non-hydrogen) atoms. The molecule has 0 heterocycles. The Morgan fingerprint density at radius 1 is 1.35 bits per heavy atom. The summed E-state index contributed by atoms with van der Waals surface area (Å²) in [6.07, 6.45) is -4.48. The minimum atomic E-state index is -4.48. The molecule has 2 amide bonds. The summed E-state index contributed by atoms with van der Waals surface area (Å²) >= 11 is 5.76. The summed E-state index contributed by atoms with van der Waals surface area (Å²) in [5.74, 6) is 0. The van der Waals surface area contributed by atoms with Crippen LogP contribution in [0.3, 0.4) is 0 Å². The Morgan fingerprint density at radius 2 is 2.00 bits per heavy atom. The molecule has 0 saturated carbocycles. The molecule has 8 heteroatoms. The largest absolute Gasteiger partial charge is 0.416 e. The molecule has 1 aromatic rings. The van der Waals surface area contributed by atoms with E-state index >= 15 is 0 Å². The summed E-state index contributed by atoms with van der Waals surface area (Å²) in [7, 11) is 3.67. The maximum absolute atomic E-state index is 12.6. The van der Waals surface area contributed by atoms with E-state index in [0.717, 1.165) is 18.2 Å². The van der Waals surface area contributed by atoms with Gasteiger partial charge in [-0.1, -0.05) is 11.6 Å². The number of rotatable bonds is 4. The SMILES string of the molecule is CN(C)CCNC(=O)Nc1cc(C(F)(F)F)ccc1Cl. The number of carbonyl (C=O) groups excluding carboxylic acids is 1. The second-order valence-corrected chi connectivity index (χ2v) is 4.78. The molecule has 0 radical (unpaired) electrons. The molecule has 1 rings (SSSR count). The number of benzene rings is 1. The number of likely N-dealkylation sites (N-methyl/N-ethyl adjacent to an activating group) is 1. The third kappa shape index (κ3) is 5.26. The minimum Gasteiger partial charge on any atom is -0.337 e. The average Bonchev–Trinajstić information content (AvgIpc) is 2.30. The Morgan fingerprint density at radius 3 is 2.55 bits per heavy atom. The zero-order valence-corrected chi connectivity index (χ0v) is 11.8. The van der Waals surface area contributed by atoms with Gasteiger partial charge in [-0.25, -0.2) is 4.79 Å². The predicted molar refractivity (Wildman–Crippen MR) is 72.0 cm³/mol. The maximum atomic E-state index is 12.6. The molecule has 112 valence electrons. The van der Waals surface area contributed by atoms with Gasteiger partial charge < -0.3 is 15.5 Å². The van der Waals surface area contributed by atoms with E-state index in [2.05, 4.69) is 10.6 Å². The van der Waals surface area contributed by atoms with Crippen LogP contribution < -0.4 is 10.6 Å². The molecule has 1 aromatic carbocycles. The van der Waals surface area contributed by atoms with Crippen LogP contribution in [-0.2, 0) is 6.18 Å². The first-order valence-corrected chi connectivity index (χ1v) is 6.14. The quantitative estimate of drug-likeness (QED) is 0.898. The van der Waals surface area contributed by atoms with Gasteiger partial charge in [0.2, 0.25) is 0 Å². The highest BCUT2D eigenvalue weighted by atomic mass is 35.5. The van der Waals surface area contributed by atoms with E-state index in [0.29, 0.717) is 13.1 Å². The summed E-state index contributed by atoms with van der Waals surface area (Å²) in [5, 5.41) is 4.85. The number of anilines is 1. The van der Waals surface area contributed by atoms with E-state index < -0.39 is 17.8 Å². The van der Waals surface area contributed by atoms with Crippen molar-refractivity contribution in [2.75, 3.05) is 32.5 Å². The van der Waals surface area contributed by atoms with Crippen molar-refractivity contribution in [1.29, 1.82) is 0 Å². The molecule has 0 unspecified atom stereocenters. The van der Waals surface area contributed by atoms with E-state index in [1.54, 1.807) is 0 Å². The average molecular weight is 310 g/mol. The lowest BCUT2D eigenvalue weighted by Crippen LogP contribution is -2.34.